The topological polar surface area (TPSA) is 72.5 Å². The van der Waals surface area contributed by atoms with Crippen molar-refractivity contribution in [2.24, 2.45) is 5.73 Å². The number of hydrogen-bond donors (Lipinski definition) is 2. The average Bonchev–Trinajstić information content (AvgIpc) is 2.43. The molecule has 0 saturated carbocycles. The van der Waals surface area contributed by atoms with Crippen LogP contribution in [0.25, 0.3) is 0 Å². The molecule has 106 valence electrons. The van der Waals surface area contributed by atoms with Crippen molar-refractivity contribution in [1.82, 2.24) is 0 Å². The molecule has 2 atom stereocenters. The molecule has 0 aromatic heterocycles. The van der Waals surface area contributed by atoms with Crippen LogP contribution in [0.2, 0.25) is 0 Å². The second-order valence-corrected chi connectivity index (χ2v) is 5.04. The number of aliphatic hydroxyl groups is 1. The first-order chi connectivity index (χ1) is 8.95. The minimum atomic E-state index is -0.758. The van der Waals surface area contributed by atoms with Crippen LogP contribution in [0.5, 0.6) is 0 Å². The Kier molecular flexibility index (Phi) is 5.99. The molecule has 1 rings (SSSR count). The van der Waals surface area contributed by atoms with E-state index in [2.05, 4.69) is 18.6 Å². The first-order valence-corrected chi connectivity index (χ1v) is 6.56. The lowest BCUT2D eigenvalue weighted by Crippen LogP contribution is -2.29. The van der Waals surface area contributed by atoms with Gasteiger partial charge in [-0.05, 0) is 23.5 Å². The molecule has 0 heterocycles. The summed E-state index contributed by atoms with van der Waals surface area (Å²) in [4.78, 5) is 11.0. The number of aliphatic hydroxyl groups excluding tert-OH is 1. The number of esters is 1. The molecule has 1 aromatic rings. The van der Waals surface area contributed by atoms with Crippen LogP contribution in [0.3, 0.4) is 0 Å². The SMILES string of the molecule is COC(=O)CCC(N)C(O)c1ccc(C(C)C)cc1. The van der Waals surface area contributed by atoms with E-state index in [-0.39, 0.29) is 12.4 Å². The van der Waals surface area contributed by atoms with E-state index < -0.39 is 12.1 Å². The van der Waals surface area contributed by atoms with Crippen LogP contribution < -0.4 is 5.73 Å². The molecule has 0 saturated heterocycles. The maximum Gasteiger partial charge on any atom is 0.305 e. The normalized spacial score (nSPS) is 14.2. The Bertz CT molecular complexity index is 400. The lowest BCUT2D eigenvalue weighted by Gasteiger charge is -2.19. The molecule has 0 aliphatic rings. The monoisotopic (exact) mass is 265 g/mol. The summed E-state index contributed by atoms with van der Waals surface area (Å²) in [6.07, 6.45) is -0.135. The molecule has 19 heavy (non-hydrogen) atoms. The zero-order valence-electron chi connectivity index (χ0n) is 11.8. The number of carbonyl (C=O) groups is 1. The summed E-state index contributed by atoms with van der Waals surface area (Å²) in [7, 11) is 1.34. The highest BCUT2D eigenvalue weighted by Crippen LogP contribution is 2.21. The third-order valence-corrected chi connectivity index (χ3v) is 3.26. The van der Waals surface area contributed by atoms with Crippen LogP contribution in [-0.4, -0.2) is 24.2 Å². The number of nitrogens with two attached hydrogens (primary N) is 1. The van der Waals surface area contributed by atoms with E-state index >= 15 is 0 Å². The number of ether oxygens (including phenoxy) is 1. The van der Waals surface area contributed by atoms with Gasteiger partial charge in [-0.2, -0.15) is 0 Å². The molecule has 0 radical (unpaired) electrons. The summed E-state index contributed by atoms with van der Waals surface area (Å²) in [5, 5.41) is 10.1. The van der Waals surface area contributed by atoms with Crippen LogP contribution in [-0.2, 0) is 9.53 Å². The van der Waals surface area contributed by atoms with Crippen molar-refractivity contribution < 1.29 is 14.6 Å². The maximum absolute atomic E-state index is 11.0. The maximum atomic E-state index is 11.0. The van der Waals surface area contributed by atoms with Crippen molar-refractivity contribution in [2.75, 3.05) is 7.11 Å². The van der Waals surface area contributed by atoms with Crippen molar-refractivity contribution >= 4 is 5.97 Å². The van der Waals surface area contributed by atoms with Crippen molar-refractivity contribution in [3.05, 3.63) is 35.4 Å². The fraction of sp³-hybridized carbons (Fsp3) is 0.533. The Balaban J connectivity index is 2.60. The number of rotatable bonds is 6. The third-order valence-electron chi connectivity index (χ3n) is 3.26. The van der Waals surface area contributed by atoms with Gasteiger partial charge >= 0.3 is 5.97 Å². The van der Waals surface area contributed by atoms with Crippen molar-refractivity contribution in [3.63, 3.8) is 0 Å². The molecule has 4 heteroatoms. The highest BCUT2D eigenvalue weighted by molar-refractivity contribution is 5.69. The Morgan fingerprint density at radius 3 is 2.26 bits per heavy atom. The van der Waals surface area contributed by atoms with Gasteiger partial charge in [-0.25, -0.2) is 0 Å². The standard InChI is InChI=1S/C15H23NO3/c1-10(2)11-4-6-12(7-5-11)15(18)13(16)8-9-14(17)19-3/h4-7,10,13,15,18H,8-9,16H2,1-3H3. The van der Waals surface area contributed by atoms with E-state index in [9.17, 15) is 9.90 Å². The van der Waals surface area contributed by atoms with Crippen LogP contribution in [0.15, 0.2) is 24.3 Å². The van der Waals surface area contributed by atoms with E-state index in [4.69, 9.17) is 5.73 Å². The summed E-state index contributed by atoms with van der Waals surface area (Å²) in [5.74, 6) is 0.150. The highest BCUT2D eigenvalue weighted by atomic mass is 16.5. The Labute approximate surface area is 114 Å². The molecule has 0 aliphatic heterocycles. The molecule has 3 N–H and O–H groups in total. The molecule has 0 amide bonds. The van der Waals surface area contributed by atoms with Gasteiger partial charge in [0, 0.05) is 12.5 Å². The second-order valence-electron chi connectivity index (χ2n) is 5.04. The van der Waals surface area contributed by atoms with E-state index in [0.29, 0.717) is 12.3 Å². The predicted octanol–water partition coefficient (Wildman–Crippen LogP) is 2.12. The van der Waals surface area contributed by atoms with E-state index in [1.807, 2.05) is 24.3 Å². The molecule has 0 fully saturated rings. The molecule has 4 nitrogen and oxygen atoms in total. The number of carbonyl (C=O) groups excluding carboxylic acids is 1. The number of benzene rings is 1. The fourth-order valence-electron chi connectivity index (χ4n) is 1.87. The van der Waals surface area contributed by atoms with Gasteiger partial charge in [-0.15, -0.1) is 0 Å². The Hall–Kier alpha value is -1.39. The molecule has 0 aliphatic carbocycles. The van der Waals surface area contributed by atoms with Crippen LogP contribution in [0.1, 0.15) is 49.8 Å². The van der Waals surface area contributed by atoms with E-state index in [1.54, 1.807) is 0 Å². The van der Waals surface area contributed by atoms with E-state index in [1.165, 1.54) is 12.7 Å². The largest absolute Gasteiger partial charge is 0.469 e. The molecular weight excluding hydrogens is 242 g/mol. The highest BCUT2D eigenvalue weighted by Gasteiger charge is 2.18. The van der Waals surface area contributed by atoms with Gasteiger partial charge in [0.1, 0.15) is 0 Å². The molecular formula is C15H23NO3. The van der Waals surface area contributed by atoms with Gasteiger partial charge in [0.05, 0.1) is 13.2 Å². The van der Waals surface area contributed by atoms with Gasteiger partial charge in [0.2, 0.25) is 0 Å². The summed E-state index contributed by atoms with van der Waals surface area (Å²) in [6.45, 7) is 4.24. The average molecular weight is 265 g/mol. The summed E-state index contributed by atoms with van der Waals surface area (Å²) in [5.41, 5.74) is 7.89. The van der Waals surface area contributed by atoms with E-state index in [0.717, 1.165) is 5.56 Å². The van der Waals surface area contributed by atoms with Gasteiger partial charge in [-0.1, -0.05) is 38.1 Å². The van der Waals surface area contributed by atoms with Gasteiger partial charge < -0.3 is 15.6 Å². The van der Waals surface area contributed by atoms with Crippen LogP contribution in [0, 0.1) is 0 Å². The minimum Gasteiger partial charge on any atom is -0.469 e. The zero-order chi connectivity index (χ0) is 14.4. The summed E-state index contributed by atoms with van der Waals surface area (Å²) in [6, 6.07) is 7.30. The van der Waals surface area contributed by atoms with Crippen molar-refractivity contribution in [2.45, 2.75) is 44.8 Å². The fourth-order valence-corrected chi connectivity index (χ4v) is 1.87. The van der Waals surface area contributed by atoms with Crippen LogP contribution >= 0.6 is 0 Å². The Morgan fingerprint density at radius 1 is 1.26 bits per heavy atom. The first kappa shape index (κ1) is 15.7. The number of hydrogen-bond acceptors (Lipinski definition) is 4. The van der Waals surface area contributed by atoms with Crippen LogP contribution in [0.4, 0.5) is 0 Å². The lowest BCUT2D eigenvalue weighted by molar-refractivity contribution is -0.140. The minimum absolute atomic E-state index is 0.221. The number of methoxy groups -OCH3 is 1. The lowest BCUT2D eigenvalue weighted by atomic mass is 9.96. The van der Waals surface area contributed by atoms with Crippen molar-refractivity contribution in [3.8, 4) is 0 Å². The van der Waals surface area contributed by atoms with Gasteiger partial charge in [-0.3, -0.25) is 4.79 Å². The van der Waals surface area contributed by atoms with Crippen molar-refractivity contribution in [1.29, 1.82) is 0 Å². The molecule has 1 aromatic carbocycles. The summed E-state index contributed by atoms with van der Waals surface area (Å²) >= 11 is 0. The quantitative estimate of drug-likeness (QED) is 0.773. The zero-order valence-corrected chi connectivity index (χ0v) is 11.8. The predicted molar refractivity (Wildman–Crippen MR) is 74.7 cm³/mol. The van der Waals surface area contributed by atoms with Gasteiger partial charge in [0.15, 0.2) is 0 Å². The smallest absolute Gasteiger partial charge is 0.305 e. The molecule has 2 unspecified atom stereocenters. The molecule has 0 bridgehead atoms. The Morgan fingerprint density at radius 2 is 1.79 bits per heavy atom. The summed E-state index contributed by atoms with van der Waals surface area (Å²) < 4.78 is 4.55. The molecule has 0 spiro atoms. The van der Waals surface area contributed by atoms with Gasteiger partial charge in [0.25, 0.3) is 0 Å². The second kappa shape index (κ2) is 7.26. The third kappa shape index (κ3) is 4.65. The first-order valence-electron chi connectivity index (χ1n) is 6.56.